The molecule has 1 aromatic carbocycles. The molecule has 6 heteroatoms. The van der Waals surface area contributed by atoms with Crippen molar-refractivity contribution in [3.8, 4) is 0 Å². The molecule has 0 saturated carbocycles. The predicted molar refractivity (Wildman–Crippen MR) is 83.9 cm³/mol. The van der Waals surface area contributed by atoms with E-state index in [2.05, 4.69) is 22.6 Å². The third-order valence-corrected chi connectivity index (χ3v) is 3.58. The molecule has 0 fully saturated rings. The highest BCUT2D eigenvalue weighted by molar-refractivity contribution is 14.1. The zero-order valence-electron chi connectivity index (χ0n) is 11.9. The van der Waals surface area contributed by atoms with Crippen molar-refractivity contribution in [2.45, 2.75) is 26.1 Å². The summed E-state index contributed by atoms with van der Waals surface area (Å²) in [7, 11) is 1.51. The number of rotatable bonds is 7. The first kappa shape index (κ1) is 17.2. The van der Waals surface area contributed by atoms with Crippen LogP contribution in [0.1, 0.15) is 25.8 Å². The molecule has 1 rings (SSSR count). The fourth-order valence-corrected chi connectivity index (χ4v) is 2.80. The molecule has 1 atom stereocenters. The summed E-state index contributed by atoms with van der Waals surface area (Å²) in [6.07, 6.45) is -0.388. The number of benzene rings is 1. The molecule has 112 valence electrons. The van der Waals surface area contributed by atoms with Gasteiger partial charge in [-0.3, -0.25) is 0 Å². The Morgan fingerprint density at radius 3 is 2.55 bits per heavy atom. The van der Waals surface area contributed by atoms with Gasteiger partial charge in [-0.25, -0.2) is 4.79 Å². The highest BCUT2D eigenvalue weighted by atomic mass is 127. The summed E-state index contributed by atoms with van der Waals surface area (Å²) in [4.78, 5) is 11.3. The van der Waals surface area contributed by atoms with E-state index >= 15 is 0 Å². The van der Waals surface area contributed by atoms with Crippen LogP contribution in [0.5, 0.6) is 0 Å². The van der Waals surface area contributed by atoms with Crippen molar-refractivity contribution >= 4 is 28.7 Å². The number of amides is 1. The molecule has 0 unspecified atom stereocenters. The number of carbonyl (C=O) groups excluding carboxylic acids is 1. The number of hydrogen-bond donors (Lipinski definition) is 1. The molecule has 0 spiro atoms. The molecular formula is C14H20INO4. The van der Waals surface area contributed by atoms with E-state index in [0.29, 0.717) is 6.42 Å². The van der Waals surface area contributed by atoms with Gasteiger partial charge in [0.25, 0.3) is 0 Å². The van der Waals surface area contributed by atoms with Crippen LogP contribution in [0, 0.1) is 9.49 Å². The van der Waals surface area contributed by atoms with Gasteiger partial charge in [0.05, 0.1) is 0 Å². The Morgan fingerprint density at radius 2 is 2.05 bits per heavy atom. The standard InChI is InChI=1S/C14H20INO4/c1-10(2)8-14(19-9-18-3,20-13(16)17)11-6-4-5-7-12(11)15/h4-7,10H,8-9H2,1-3H3,(H2,16,17)/t14-/m0/s1. The number of nitrogens with two attached hydrogens (primary N) is 1. The Hall–Kier alpha value is -0.860. The Labute approximate surface area is 132 Å². The molecule has 5 nitrogen and oxygen atoms in total. The topological polar surface area (TPSA) is 70.8 Å². The lowest BCUT2D eigenvalue weighted by atomic mass is 9.95. The smallest absolute Gasteiger partial charge is 0.407 e. The summed E-state index contributed by atoms with van der Waals surface area (Å²) < 4.78 is 17.0. The zero-order chi connectivity index (χ0) is 15.2. The van der Waals surface area contributed by atoms with Crippen molar-refractivity contribution in [3.05, 3.63) is 33.4 Å². The SMILES string of the molecule is COCO[C@@](CC(C)C)(OC(N)=O)c1ccccc1I. The van der Waals surface area contributed by atoms with Gasteiger partial charge in [-0.15, -0.1) is 0 Å². The van der Waals surface area contributed by atoms with Crippen LogP contribution in [0.2, 0.25) is 0 Å². The van der Waals surface area contributed by atoms with Gasteiger partial charge in [0.2, 0.25) is 5.79 Å². The van der Waals surface area contributed by atoms with Crippen molar-refractivity contribution in [2.24, 2.45) is 11.7 Å². The molecule has 0 bridgehead atoms. The fourth-order valence-electron chi connectivity index (χ4n) is 2.00. The summed E-state index contributed by atoms with van der Waals surface area (Å²) in [5.41, 5.74) is 6.00. The van der Waals surface area contributed by atoms with Crippen molar-refractivity contribution < 1.29 is 19.0 Å². The summed E-state index contributed by atoms with van der Waals surface area (Å²) in [5, 5.41) is 0. The van der Waals surface area contributed by atoms with Crippen LogP contribution in [0.25, 0.3) is 0 Å². The second-order valence-electron chi connectivity index (χ2n) is 4.80. The Kier molecular flexibility index (Phi) is 6.70. The Balaban J connectivity index is 3.26. The van der Waals surface area contributed by atoms with Gasteiger partial charge in [0.15, 0.2) is 6.79 Å². The highest BCUT2D eigenvalue weighted by Crippen LogP contribution is 2.36. The summed E-state index contributed by atoms with van der Waals surface area (Å²) in [5.74, 6) is -0.990. The third-order valence-electron chi connectivity index (χ3n) is 2.64. The maximum atomic E-state index is 11.3. The first-order chi connectivity index (χ1) is 9.41. The van der Waals surface area contributed by atoms with E-state index in [9.17, 15) is 4.79 Å². The minimum atomic E-state index is -1.23. The van der Waals surface area contributed by atoms with Crippen LogP contribution < -0.4 is 5.73 Å². The van der Waals surface area contributed by atoms with Crippen molar-refractivity contribution in [2.75, 3.05) is 13.9 Å². The second-order valence-corrected chi connectivity index (χ2v) is 5.96. The van der Waals surface area contributed by atoms with Gasteiger partial charge in [0.1, 0.15) is 0 Å². The second kappa shape index (κ2) is 7.80. The molecule has 20 heavy (non-hydrogen) atoms. The lowest BCUT2D eigenvalue weighted by Gasteiger charge is -2.34. The molecule has 0 aliphatic carbocycles. The lowest BCUT2D eigenvalue weighted by molar-refractivity contribution is -0.256. The largest absolute Gasteiger partial charge is 0.412 e. The average Bonchev–Trinajstić information content (AvgIpc) is 2.35. The molecule has 1 aromatic rings. The molecular weight excluding hydrogens is 373 g/mol. The number of methoxy groups -OCH3 is 1. The minimum absolute atomic E-state index is 0.00493. The predicted octanol–water partition coefficient (Wildman–Crippen LogP) is 3.21. The number of ether oxygens (including phenoxy) is 3. The summed E-state index contributed by atoms with van der Waals surface area (Å²) in [6.45, 7) is 4.04. The van der Waals surface area contributed by atoms with Crippen LogP contribution in [-0.4, -0.2) is 20.0 Å². The normalized spacial score (nSPS) is 14.1. The molecule has 2 N–H and O–H groups in total. The van der Waals surface area contributed by atoms with E-state index in [4.69, 9.17) is 19.9 Å². The van der Waals surface area contributed by atoms with Crippen molar-refractivity contribution in [1.29, 1.82) is 0 Å². The molecule has 1 amide bonds. The molecule has 0 radical (unpaired) electrons. The molecule has 0 saturated heterocycles. The highest BCUT2D eigenvalue weighted by Gasteiger charge is 2.39. The monoisotopic (exact) mass is 393 g/mol. The van der Waals surface area contributed by atoms with Crippen molar-refractivity contribution in [3.63, 3.8) is 0 Å². The minimum Gasteiger partial charge on any atom is -0.412 e. The number of hydrogen-bond acceptors (Lipinski definition) is 4. The van der Waals surface area contributed by atoms with Gasteiger partial charge < -0.3 is 19.9 Å². The number of halogens is 1. The van der Waals surface area contributed by atoms with Gasteiger partial charge >= 0.3 is 6.09 Å². The van der Waals surface area contributed by atoms with Gasteiger partial charge in [0, 0.05) is 22.7 Å². The Bertz CT molecular complexity index is 453. The van der Waals surface area contributed by atoms with Gasteiger partial charge in [-0.05, 0) is 34.6 Å². The maximum absolute atomic E-state index is 11.3. The maximum Gasteiger partial charge on any atom is 0.407 e. The van der Waals surface area contributed by atoms with Crippen LogP contribution in [0.15, 0.2) is 24.3 Å². The average molecular weight is 393 g/mol. The third kappa shape index (κ3) is 4.60. The number of carbonyl (C=O) groups is 1. The number of primary amides is 1. The van der Waals surface area contributed by atoms with E-state index in [1.807, 2.05) is 38.1 Å². The molecule has 0 aliphatic rings. The van der Waals surface area contributed by atoms with Crippen LogP contribution in [0.4, 0.5) is 4.79 Å². The summed E-state index contributed by atoms with van der Waals surface area (Å²) >= 11 is 2.18. The van der Waals surface area contributed by atoms with E-state index < -0.39 is 11.9 Å². The molecule has 0 heterocycles. The fraction of sp³-hybridized carbons (Fsp3) is 0.500. The lowest BCUT2D eigenvalue weighted by Crippen LogP contribution is -2.40. The van der Waals surface area contributed by atoms with Crippen LogP contribution in [-0.2, 0) is 20.0 Å². The quantitative estimate of drug-likeness (QED) is 0.571. The van der Waals surface area contributed by atoms with E-state index in [1.165, 1.54) is 7.11 Å². The van der Waals surface area contributed by atoms with Gasteiger partial charge in [-0.1, -0.05) is 32.0 Å². The van der Waals surface area contributed by atoms with E-state index in [-0.39, 0.29) is 12.7 Å². The Morgan fingerprint density at radius 1 is 1.40 bits per heavy atom. The van der Waals surface area contributed by atoms with E-state index in [1.54, 1.807) is 0 Å². The van der Waals surface area contributed by atoms with Crippen molar-refractivity contribution in [1.82, 2.24) is 0 Å². The van der Waals surface area contributed by atoms with E-state index in [0.717, 1.165) is 9.13 Å². The molecule has 0 aromatic heterocycles. The van der Waals surface area contributed by atoms with Crippen LogP contribution in [0.3, 0.4) is 0 Å². The van der Waals surface area contributed by atoms with Crippen LogP contribution >= 0.6 is 22.6 Å². The van der Waals surface area contributed by atoms with Gasteiger partial charge in [-0.2, -0.15) is 0 Å². The first-order valence-corrected chi connectivity index (χ1v) is 7.35. The summed E-state index contributed by atoms with van der Waals surface area (Å²) in [6, 6.07) is 7.56. The molecule has 0 aliphatic heterocycles. The first-order valence-electron chi connectivity index (χ1n) is 6.27. The zero-order valence-corrected chi connectivity index (χ0v) is 14.0.